The van der Waals surface area contributed by atoms with Crippen LogP contribution in [0.2, 0.25) is 0 Å². The van der Waals surface area contributed by atoms with Crippen molar-refractivity contribution in [2.75, 3.05) is 25.5 Å². The van der Waals surface area contributed by atoms with E-state index in [2.05, 4.69) is 16.8 Å². The third-order valence-corrected chi connectivity index (χ3v) is 3.89. The molecule has 0 saturated heterocycles. The number of aryl methyl sites for hydroxylation is 1. The Morgan fingerprint density at radius 3 is 2.57 bits per heavy atom. The first kappa shape index (κ1) is 15.8. The Kier molecular flexibility index (Phi) is 4.84. The number of halogens is 1. The standard InChI is InChI=1S/C13H20ClN5O2/c1-4-18(6-5-14)7-8-19-9-15-11-10(19)12(20)17(3)13(21)16(11)2/h9H,4-8H2,1-3H3. The highest BCUT2D eigenvalue weighted by atomic mass is 35.5. The molecule has 8 heteroatoms. The van der Waals surface area contributed by atoms with Gasteiger partial charge in [-0.2, -0.15) is 0 Å². The lowest BCUT2D eigenvalue weighted by atomic mass is 10.4. The zero-order valence-electron chi connectivity index (χ0n) is 12.5. The highest BCUT2D eigenvalue weighted by molar-refractivity contribution is 6.18. The number of hydrogen-bond donors (Lipinski definition) is 0. The lowest BCUT2D eigenvalue weighted by Gasteiger charge is -2.19. The van der Waals surface area contributed by atoms with Crippen LogP contribution in [-0.4, -0.2) is 49.1 Å². The molecule has 2 aromatic heterocycles. The van der Waals surface area contributed by atoms with Gasteiger partial charge in [0.25, 0.3) is 5.56 Å². The number of hydrogen-bond acceptors (Lipinski definition) is 4. The van der Waals surface area contributed by atoms with Gasteiger partial charge in [-0.1, -0.05) is 6.92 Å². The minimum Gasteiger partial charge on any atom is -0.323 e. The lowest BCUT2D eigenvalue weighted by Crippen LogP contribution is -2.38. The molecule has 0 saturated carbocycles. The van der Waals surface area contributed by atoms with Crippen molar-refractivity contribution in [3.05, 3.63) is 27.2 Å². The van der Waals surface area contributed by atoms with Crippen molar-refractivity contribution < 1.29 is 0 Å². The van der Waals surface area contributed by atoms with Crippen LogP contribution in [0.4, 0.5) is 0 Å². The molecule has 0 aliphatic heterocycles. The summed E-state index contributed by atoms with van der Waals surface area (Å²) in [6.07, 6.45) is 1.61. The molecule has 0 aromatic carbocycles. The van der Waals surface area contributed by atoms with Crippen LogP contribution in [0, 0.1) is 0 Å². The van der Waals surface area contributed by atoms with Crippen molar-refractivity contribution in [2.45, 2.75) is 13.5 Å². The zero-order chi connectivity index (χ0) is 15.6. The van der Waals surface area contributed by atoms with Gasteiger partial charge in [-0.25, -0.2) is 9.78 Å². The molecule has 0 bridgehead atoms. The predicted octanol–water partition coefficient (Wildman–Crippen LogP) is -0.00560. The molecule has 0 aliphatic rings. The summed E-state index contributed by atoms with van der Waals surface area (Å²) in [6.45, 7) is 5.19. The summed E-state index contributed by atoms with van der Waals surface area (Å²) in [7, 11) is 3.10. The average molecular weight is 314 g/mol. The van der Waals surface area contributed by atoms with Gasteiger partial charge in [-0.05, 0) is 6.54 Å². The van der Waals surface area contributed by atoms with Crippen molar-refractivity contribution in [3.8, 4) is 0 Å². The van der Waals surface area contributed by atoms with Gasteiger partial charge in [-0.15, -0.1) is 11.6 Å². The van der Waals surface area contributed by atoms with Crippen LogP contribution in [0.25, 0.3) is 11.2 Å². The van der Waals surface area contributed by atoms with Gasteiger partial charge in [0.1, 0.15) is 0 Å². The van der Waals surface area contributed by atoms with Crippen LogP contribution in [0.3, 0.4) is 0 Å². The predicted molar refractivity (Wildman–Crippen MR) is 83.0 cm³/mol. The number of fused-ring (bicyclic) bond motifs is 1. The quantitative estimate of drug-likeness (QED) is 0.704. The summed E-state index contributed by atoms with van der Waals surface area (Å²) in [5.74, 6) is 0.578. The summed E-state index contributed by atoms with van der Waals surface area (Å²) in [5, 5.41) is 0. The van der Waals surface area contributed by atoms with Gasteiger partial charge in [0.05, 0.1) is 6.33 Å². The van der Waals surface area contributed by atoms with Gasteiger partial charge in [0.15, 0.2) is 11.2 Å². The van der Waals surface area contributed by atoms with Gasteiger partial charge < -0.3 is 9.47 Å². The Labute approximate surface area is 127 Å². The van der Waals surface area contributed by atoms with E-state index in [1.54, 1.807) is 17.9 Å². The van der Waals surface area contributed by atoms with E-state index in [1.807, 2.05) is 0 Å². The third-order valence-electron chi connectivity index (χ3n) is 3.72. The summed E-state index contributed by atoms with van der Waals surface area (Å²) in [5.41, 5.74) is 0.200. The fourth-order valence-corrected chi connectivity index (χ4v) is 2.60. The molecule has 116 valence electrons. The lowest BCUT2D eigenvalue weighted by molar-refractivity contribution is 0.293. The summed E-state index contributed by atoms with van der Waals surface area (Å²) in [6, 6.07) is 0. The van der Waals surface area contributed by atoms with Crippen LogP contribution in [0.5, 0.6) is 0 Å². The number of nitrogens with zero attached hydrogens (tertiary/aromatic N) is 5. The molecular weight excluding hydrogens is 294 g/mol. The molecule has 0 spiro atoms. The van der Waals surface area contributed by atoms with Crippen molar-refractivity contribution >= 4 is 22.8 Å². The van der Waals surface area contributed by atoms with Crippen LogP contribution >= 0.6 is 11.6 Å². The van der Waals surface area contributed by atoms with Crippen molar-refractivity contribution in [1.29, 1.82) is 0 Å². The van der Waals surface area contributed by atoms with E-state index in [0.29, 0.717) is 23.6 Å². The summed E-state index contributed by atoms with van der Waals surface area (Å²) in [4.78, 5) is 30.5. The second-order valence-corrected chi connectivity index (χ2v) is 5.32. The molecule has 2 rings (SSSR count). The fraction of sp³-hybridized carbons (Fsp3) is 0.615. The second kappa shape index (κ2) is 6.44. The Morgan fingerprint density at radius 2 is 1.95 bits per heavy atom. The minimum absolute atomic E-state index is 0.314. The molecule has 0 aliphatic carbocycles. The van der Waals surface area contributed by atoms with Crippen LogP contribution < -0.4 is 11.2 Å². The highest BCUT2D eigenvalue weighted by Crippen LogP contribution is 2.05. The van der Waals surface area contributed by atoms with E-state index in [4.69, 9.17) is 11.6 Å². The number of likely N-dealkylation sites (N-methyl/N-ethyl adjacent to an activating group) is 1. The number of rotatable bonds is 6. The Bertz CT molecular complexity index is 745. The Hall–Kier alpha value is -1.60. The van der Waals surface area contributed by atoms with Gasteiger partial charge >= 0.3 is 5.69 Å². The second-order valence-electron chi connectivity index (χ2n) is 4.94. The maximum absolute atomic E-state index is 12.3. The fourth-order valence-electron chi connectivity index (χ4n) is 2.36. The molecule has 0 unspecified atom stereocenters. The van der Waals surface area contributed by atoms with E-state index in [0.717, 1.165) is 24.2 Å². The first-order valence-electron chi connectivity index (χ1n) is 6.90. The molecule has 0 amide bonds. The maximum atomic E-state index is 12.3. The topological polar surface area (TPSA) is 65.1 Å². The van der Waals surface area contributed by atoms with Gasteiger partial charge in [0, 0.05) is 39.6 Å². The molecule has 2 aromatic rings. The minimum atomic E-state index is -0.366. The van der Waals surface area contributed by atoms with Crippen LogP contribution in [-0.2, 0) is 20.6 Å². The summed E-state index contributed by atoms with van der Waals surface area (Å²) < 4.78 is 4.30. The monoisotopic (exact) mass is 313 g/mol. The third kappa shape index (κ3) is 2.89. The molecule has 0 fully saturated rings. The molecule has 0 radical (unpaired) electrons. The molecule has 0 atom stereocenters. The van der Waals surface area contributed by atoms with E-state index >= 15 is 0 Å². The highest BCUT2D eigenvalue weighted by Gasteiger charge is 2.14. The first-order chi connectivity index (χ1) is 10.0. The van der Waals surface area contributed by atoms with E-state index in [9.17, 15) is 9.59 Å². The first-order valence-corrected chi connectivity index (χ1v) is 7.43. The molecule has 0 N–H and O–H groups in total. The number of alkyl halides is 1. The Balaban J connectivity index is 2.39. The largest absolute Gasteiger partial charge is 0.332 e. The number of aromatic nitrogens is 4. The average Bonchev–Trinajstić information content (AvgIpc) is 2.91. The summed E-state index contributed by atoms with van der Waals surface area (Å²) >= 11 is 5.76. The van der Waals surface area contributed by atoms with Gasteiger partial charge in [-0.3, -0.25) is 13.9 Å². The Morgan fingerprint density at radius 1 is 1.24 bits per heavy atom. The maximum Gasteiger partial charge on any atom is 0.332 e. The molecule has 21 heavy (non-hydrogen) atoms. The van der Waals surface area contributed by atoms with Crippen molar-refractivity contribution in [2.24, 2.45) is 14.1 Å². The number of imidazole rings is 1. The van der Waals surface area contributed by atoms with Gasteiger partial charge in [0.2, 0.25) is 0 Å². The normalized spacial score (nSPS) is 11.7. The zero-order valence-corrected chi connectivity index (χ0v) is 13.3. The molecule has 7 nitrogen and oxygen atoms in total. The van der Waals surface area contributed by atoms with E-state index < -0.39 is 0 Å². The van der Waals surface area contributed by atoms with E-state index in [-0.39, 0.29) is 11.2 Å². The van der Waals surface area contributed by atoms with Crippen molar-refractivity contribution in [1.82, 2.24) is 23.6 Å². The van der Waals surface area contributed by atoms with Crippen molar-refractivity contribution in [3.63, 3.8) is 0 Å². The van der Waals surface area contributed by atoms with E-state index in [1.165, 1.54) is 11.6 Å². The van der Waals surface area contributed by atoms with Crippen LogP contribution in [0.15, 0.2) is 15.9 Å². The van der Waals surface area contributed by atoms with Crippen LogP contribution in [0.1, 0.15) is 6.92 Å². The molecular formula is C13H20ClN5O2. The molecule has 2 heterocycles. The SMILES string of the molecule is CCN(CCCl)CCn1cnc2c1c(=O)n(C)c(=O)n2C. The smallest absolute Gasteiger partial charge is 0.323 e.